The highest BCUT2D eigenvalue weighted by Crippen LogP contribution is 2.26. The number of benzene rings is 2. The fourth-order valence-corrected chi connectivity index (χ4v) is 3.46. The summed E-state index contributed by atoms with van der Waals surface area (Å²) in [6, 6.07) is 14.2. The first-order chi connectivity index (χ1) is 13.1. The van der Waals surface area contributed by atoms with Crippen molar-refractivity contribution in [1.82, 2.24) is 10.3 Å². The number of carbonyl (C=O) groups is 1. The van der Waals surface area contributed by atoms with E-state index in [0.717, 1.165) is 22.7 Å². The van der Waals surface area contributed by atoms with Gasteiger partial charge < -0.3 is 10.1 Å². The van der Waals surface area contributed by atoms with E-state index < -0.39 is 0 Å². The predicted molar refractivity (Wildman–Crippen MR) is 110 cm³/mol. The maximum absolute atomic E-state index is 12.0. The molecule has 140 valence electrons. The lowest BCUT2D eigenvalue weighted by Crippen LogP contribution is -2.24. The molecule has 1 aromatic heterocycles. The Morgan fingerprint density at radius 2 is 1.93 bits per heavy atom. The zero-order valence-corrected chi connectivity index (χ0v) is 16.7. The molecule has 3 rings (SSSR count). The molecule has 1 N–H and O–H groups in total. The highest BCUT2D eigenvalue weighted by atomic mass is 32.1. The molecule has 0 aliphatic rings. The first-order valence-corrected chi connectivity index (χ1v) is 9.98. The van der Waals surface area contributed by atoms with Crippen molar-refractivity contribution in [3.05, 3.63) is 70.2 Å². The Morgan fingerprint density at radius 1 is 1.15 bits per heavy atom. The average Bonchev–Trinajstić information content (AvgIpc) is 3.17. The van der Waals surface area contributed by atoms with Gasteiger partial charge in [0.1, 0.15) is 23.1 Å². The molecule has 0 fully saturated rings. The van der Waals surface area contributed by atoms with E-state index in [1.165, 1.54) is 28.0 Å². The minimum atomic E-state index is -0.118. The standard InChI is InChI=1S/C22H24N2O2S/c1-4-11-23-21(25)20-14-27-22(24-20)17-7-9-19(10-8-17)26-13-18-12-15(2)5-6-16(18)3/h5-10,12,14H,4,11,13H2,1-3H3,(H,23,25). The second kappa shape index (κ2) is 8.82. The third-order valence-electron chi connectivity index (χ3n) is 4.27. The second-order valence-electron chi connectivity index (χ2n) is 6.54. The van der Waals surface area contributed by atoms with Crippen LogP contribution in [0.2, 0.25) is 0 Å². The van der Waals surface area contributed by atoms with Crippen LogP contribution in [0, 0.1) is 13.8 Å². The van der Waals surface area contributed by atoms with E-state index >= 15 is 0 Å². The normalized spacial score (nSPS) is 10.6. The van der Waals surface area contributed by atoms with Crippen LogP contribution in [-0.2, 0) is 6.61 Å². The molecule has 0 saturated heterocycles. The molecule has 2 aromatic carbocycles. The lowest BCUT2D eigenvalue weighted by Gasteiger charge is -2.10. The molecule has 3 aromatic rings. The Hall–Kier alpha value is -2.66. The lowest BCUT2D eigenvalue weighted by atomic mass is 10.1. The topological polar surface area (TPSA) is 51.2 Å². The largest absolute Gasteiger partial charge is 0.489 e. The number of amides is 1. The first kappa shape index (κ1) is 19.1. The molecule has 5 heteroatoms. The summed E-state index contributed by atoms with van der Waals surface area (Å²) in [5, 5.41) is 5.48. The van der Waals surface area contributed by atoms with Gasteiger partial charge in [0.05, 0.1) is 0 Å². The van der Waals surface area contributed by atoms with Crippen LogP contribution >= 0.6 is 11.3 Å². The van der Waals surface area contributed by atoms with Crippen molar-refractivity contribution in [1.29, 1.82) is 0 Å². The molecule has 0 atom stereocenters. The van der Waals surface area contributed by atoms with Gasteiger partial charge in [-0.05, 0) is 55.7 Å². The Bertz CT molecular complexity index is 916. The Kier molecular flexibility index (Phi) is 6.24. The maximum atomic E-state index is 12.0. The SMILES string of the molecule is CCCNC(=O)c1csc(-c2ccc(OCc3cc(C)ccc3C)cc2)n1. The van der Waals surface area contributed by atoms with Gasteiger partial charge in [-0.3, -0.25) is 4.79 Å². The molecule has 0 aliphatic carbocycles. The van der Waals surface area contributed by atoms with E-state index in [0.29, 0.717) is 18.8 Å². The molecular weight excluding hydrogens is 356 g/mol. The van der Waals surface area contributed by atoms with Crippen LogP contribution in [0.15, 0.2) is 47.8 Å². The number of nitrogens with zero attached hydrogens (tertiary/aromatic N) is 1. The summed E-state index contributed by atoms with van der Waals surface area (Å²) in [5.41, 5.74) is 5.11. The summed E-state index contributed by atoms with van der Waals surface area (Å²) in [7, 11) is 0. The molecule has 0 bridgehead atoms. The maximum Gasteiger partial charge on any atom is 0.270 e. The molecule has 0 aliphatic heterocycles. The summed E-state index contributed by atoms with van der Waals surface area (Å²) in [5.74, 6) is 0.699. The van der Waals surface area contributed by atoms with Gasteiger partial charge in [-0.1, -0.05) is 30.7 Å². The minimum absolute atomic E-state index is 0.118. The Balaban J connectivity index is 1.64. The van der Waals surface area contributed by atoms with Crippen LogP contribution in [0.5, 0.6) is 5.75 Å². The Morgan fingerprint density at radius 3 is 2.67 bits per heavy atom. The summed E-state index contributed by atoms with van der Waals surface area (Å²) >= 11 is 1.47. The number of aryl methyl sites for hydroxylation is 2. The van der Waals surface area contributed by atoms with Gasteiger partial charge in [-0.25, -0.2) is 4.98 Å². The molecule has 1 amide bonds. The number of hydrogen-bond acceptors (Lipinski definition) is 4. The highest BCUT2D eigenvalue weighted by molar-refractivity contribution is 7.13. The van der Waals surface area contributed by atoms with Crippen LogP contribution in [0.4, 0.5) is 0 Å². The van der Waals surface area contributed by atoms with Crippen LogP contribution in [-0.4, -0.2) is 17.4 Å². The number of hydrogen-bond donors (Lipinski definition) is 1. The third-order valence-corrected chi connectivity index (χ3v) is 5.16. The summed E-state index contributed by atoms with van der Waals surface area (Å²) < 4.78 is 5.93. The molecule has 27 heavy (non-hydrogen) atoms. The number of rotatable bonds is 7. The van der Waals surface area contributed by atoms with Crippen LogP contribution in [0.25, 0.3) is 10.6 Å². The molecular formula is C22H24N2O2S. The van der Waals surface area contributed by atoms with E-state index in [1.807, 2.05) is 31.2 Å². The Labute approximate surface area is 164 Å². The van der Waals surface area contributed by atoms with Crippen LogP contribution in [0.3, 0.4) is 0 Å². The smallest absolute Gasteiger partial charge is 0.270 e. The van der Waals surface area contributed by atoms with Crippen LogP contribution < -0.4 is 10.1 Å². The highest BCUT2D eigenvalue weighted by Gasteiger charge is 2.11. The number of aromatic nitrogens is 1. The molecule has 0 spiro atoms. The molecule has 0 radical (unpaired) electrons. The summed E-state index contributed by atoms with van der Waals surface area (Å²) in [6.45, 7) is 7.42. The van der Waals surface area contributed by atoms with Crippen molar-refractivity contribution in [3.63, 3.8) is 0 Å². The van der Waals surface area contributed by atoms with E-state index in [9.17, 15) is 4.79 Å². The van der Waals surface area contributed by atoms with Gasteiger partial charge >= 0.3 is 0 Å². The van der Waals surface area contributed by atoms with Gasteiger partial charge in [0, 0.05) is 17.5 Å². The van der Waals surface area contributed by atoms with Crippen molar-refractivity contribution in [2.45, 2.75) is 33.8 Å². The minimum Gasteiger partial charge on any atom is -0.489 e. The fourth-order valence-electron chi connectivity index (χ4n) is 2.65. The fraction of sp³-hybridized carbons (Fsp3) is 0.273. The molecule has 1 heterocycles. The monoisotopic (exact) mass is 380 g/mol. The number of ether oxygens (including phenoxy) is 1. The van der Waals surface area contributed by atoms with Gasteiger partial charge in [-0.15, -0.1) is 11.3 Å². The van der Waals surface area contributed by atoms with Crippen LogP contribution in [0.1, 0.15) is 40.5 Å². The van der Waals surface area contributed by atoms with E-state index in [-0.39, 0.29) is 5.91 Å². The van der Waals surface area contributed by atoms with Gasteiger partial charge in [0.25, 0.3) is 5.91 Å². The summed E-state index contributed by atoms with van der Waals surface area (Å²) in [4.78, 5) is 16.4. The second-order valence-corrected chi connectivity index (χ2v) is 7.39. The third kappa shape index (κ3) is 4.95. The number of thiazole rings is 1. The predicted octanol–water partition coefficient (Wildman–Crippen LogP) is 5.15. The van der Waals surface area contributed by atoms with E-state index in [4.69, 9.17) is 4.74 Å². The van der Waals surface area contributed by atoms with Gasteiger partial charge in [-0.2, -0.15) is 0 Å². The molecule has 0 unspecified atom stereocenters. The quantitative estimate of drug-likeness (QED) is 0.617. The molecule has 0 saturated carbocycles. The van der Waals surface area contributed by atoms with E-state index in [1.54, 1.807) is 5.38 Å². The van der Waals surface area contributed by atoms with Crippen molar-refractivity contribution < 1.29 is 9.53 Å². The summed E-state index contributed by atoms with van der Waals surface area (Å²) in [6.07, 6.45) is 0.909. The van der Waals surface area contributed by atoms with Crippen molar-refractivity contribution in [3.8, 4) is 16.3 Å². The number of nitrogens with one attached hydrogen (secondary N) is 1. The lowest BCUT2D eigenvalue weighted by molar-refractivity contribution is 0.0949. The van der Waals surface area contributed by atoms with Gasteiger partial charge in [0.2, 0.25) is 0 Å². The number of carbonyl (C=O) groups excluding carboxylic acids is 1. The average molecular weight is 381 g/mol. The molecule has 4 nitrogen and oxygen atoms in total. The zero-order valence-electron chi connectivity index (χ0n) is 15.9. The first-order valence-electron chi connectivity index (χ1n) is 9.10. The van der Waals surface area contributed by atoms with Crippen molar-refractivity contribution in [2.24, 2.45) is 0 Å². The van der Waals surface area contributed by atoms with E-state index in [2.05, 4.69) is 42.3 Å². The van der Waals surface area contributed by atoms with Crippen molar-refractivity contribution in [2.75, 3.05) is 6.54 Å². The zero-order chi connectivity index (χ0) is 19.2. The van der Waals surface area contributed by atoms with Crippen molar-refractivity contribution >= 4 is 17.2 Å². The van der Waals surface area contributed by atoms with Gasteiger partial charge in [0.15, 0.2) is 0 Å².